The molecule has 0 fully saturated rings. The van der Waals surface area contributed by atoms with Crippen LogP contribution in [0.2, 0.25) is 0 Å². The molecule has 3 aromatic carbocycles. The lowest BCUT2D eigenvalue weighted by atomic mass is 10.1. The lowest BCUT2D eigenvalue weighted by Gasteiger charge is -2.16. The van der Waals surface area contributed by atoms with Crippen molar-refractivity contribution in [2.45, 2.75) is 11.8 Å². The van der Waals surface area contributed by atoms with Gasteiger partial charge < -0.3 is 10.6 Å². The molecule has 2 amide bonds. The molecule has 1 aromatic heterocycles. The standard InChI is InChI=1S/C24H22N4O4S2/c1-16(29)25-20-10-7-18(8-11-20)22-15-33-24(26-22)27-23(30)14-28(2)34(31,32)21-12-9-17-5-3-4-6-19(17)13-21/h3-13,15H,14H2,1-2H3,(H,25,29)(H,26,27,30). The number of carbonyl (C=O) groups is 2. The van der Waals surface area contributed by atoms with Crippen molar-refractivity contribution in [3.8, 4) is 11.3 Å². The Hall–Kier alpha value is -3.60. The van der Waals surface area contributed by atoms with Gasteiger partial charge in [0.15, 0.2) is 5.13 Å². The minimum absolute atomic E-state index is 0.126. The molecule has 0 radical (unpaired) electrons. The normalized spacial score (nSPS) is 11.5. The first-order valence-electron chi connectivity index (χ1n) is 10.3. The van der Waals surface area contributed by atoms with Crippen LogP contribution in [0.3, 0.4) is 0 Å². The lowest BCUT2D eigenvalue weighted by Crippen LogP contribution is -2.34. The molecule has 0 bridgehead atoms. The molecule has 8 nitrogen and oxygen atoms in total. The molecule has 0 atom stereocenters. The number of anilines is 2. The Morgan fingerprint density at radius 3 is 2.38 bits per heavy atom. The van der Waals surface area contributed by atoms with Crippen LogP contribution < -0.4 is 10.6 Å². The summed E-state index contributed by atoms with van der Waals surface area (Å²) >= 11 is 1.24. The van der Waals surface area contributed by atoms with Crippen molar-refractivity contribution in [3.05, 3.63) is 72.1 Å². The Morgan fingerprint density at radius 1 is 0.971 bits per heavy atom. The number of aromatic nitrogens is 1. The molecule has 174 valence electrons. The minimum Gasteiger partial charge on any atom is -0.326 e. The third-order valence-corrected chi connectivity index (χ3v) is 7.60. The average molecular weight is 495 g/mol. The maximum Gasteiger partial charge on any atom is 0.243 e. The van der Waals surface area contributed by atoms with Gasteiger partial charge in [-0.2, -0.15) is 4.31 Å². The average Bonchev–Trinajstić information content (AvgIpc) is 3.27. The molecular formula is C24H22N4O4S2. The second-order valence-corrected chi connectivity index (χ2v) is 10.5. The summed E-state index contributed by atoms with van der Waals surface area (Å²) in [5.41, 5.74) is 2.16. The van der Waals surface area contributed by atoms with E-state index in [-0.39, 0.29) is 17.3 Å². The van der Waals surface area contributed by atoms with E-state index in [1.807, 2.05) is 36.4 Å². The van der Waals surface area contributed by atoms with Crippen LogP contribution in [-0.2, 0) is 19.6 Å². The largest absolute Gasteiger partial charge is 0.326 e. The number of hydrogen-bond donors (Lipinski definition) is 2. The lowest BCUT2D eigenvalue weighted by molar-refractivity contribution is -0.116. The second-order valence-electron chi connectivity index (χ2n) is 7.61. The van der Waals surface area contributed by atoms with Gasteiger partial charge in [0.1, 0.15) is 0 Å². The van der Waals surface area contributed by atoms with Gasteiger partial charge in [-0.25, -0.2) is 13.4 Å². The zero-order valence-corrected chi connectivity index (χ0v) is 20.1. The van der Waals surface area contributed by atoms with E-state index in [0.717, 1.165) is 20.6 Å². The number of benzene rings is 3. The smallest absolute Gasteiger partial charge is 0.243 e. The molecule has 4 rings (SSSR count). The number of hydrogen-bond acceptors (Lipinski definition) is 6. The molecule has 0 saturated carbocycles. The van der Waals surface area contributed by atoms with Crippen molar-refractivity contribution in [3.63, 3.8) is 0 Å². The molecule has 0 aliphatic carbocycles. The number of sulfonamides is 1. The SMILES string of the molecule is CC(=O)Nc1ccc(-c2csc(NC(=O)CN(C)S(=O)(=O)c3ccc4ccccc4c3)n2)cc1. The van der Waals surface area contributed by atoms with Crippen molar-refractivity contribution >= 4 is 54.8 Å². The predicted octanol–water partition coefficient (Wildman–Crippen LogP) is 4.18. The Kier molecular flexibility index (Phi) is 6.73. The number of carbonyl (C=O) groups excluding carboxylic acids is 2. The molecule has 1 heterocycles. The van der Waals surface area contributed by atoms with Crippen molar-refractivity contribution < 1.29 is 18.0 Å². The fourth-order valence-corrected chi connectivity index (χ4v) is 5.24. The van der Waals surface area contributed by atoms with E-state index in [1.54, 1.807) is 29.6 Å². The third-order valence-electron chi connectivity index (χ3n) is 5.05. The fourth-order valence-electron chi connectivity index (χ4n) is 3.35. The highest BCUT2D eigenvalue weighted by atomic mass is 32.2. The summed E-state index contributed by atoms with van der Waals surface area (Å²) in [6.07, 6.45) is 0. The molecule has 34 heavy (non-hydrogen) atoms. The topological polar surface area (TPSA) is 108 Å². The van der Waals surface area contributed by atoms with Gasteiger partial charge in [0, 0.05) is 30.6 Å². The van der Waals surface area contributed by atoms with Crippen molar-refractivity contribution in [2.75, 3.05) is 24.2 Å². The Labute approximate surface area is 201 Å². The maximum atomic E-state index is 13.0. The summed E-state index contributed by atoms with van der Waals surface area (Å²) in [6, 6.07) is 19.5. The molecule has 0 spiro atoms. The van der Waals surface area contributed by atoms with Gasteiger partial charge in [0.05, 0.1) is 17.1 Å². The number of nitrogens with zero attached hydrogens (tertiary/aromatic N) is 2. The van der Waals surface area contributed by atoms with E-state index in [4.69, 9.17) is 0 Å². The van der Waals surface area contributed by atoms with Crippen LogP contribution in [0.1, 0.15) is 6.92 Å². The number of likely N-dealkylation sites (N-methyl/N-ethyl adjacent to an activating group) is 1. The molecule has 0 saturated heterocycles. The molecule has 0 aliphatic rings. The molecular weight excluding hydrogens is 472 g/mol. The third kappa shape index (κ3) is 5.30. The van der Waals surface area contributed by atoms with Crippen LogP contribution in [-0.4, -0.2) is 43.1 Å². The summed E-state index contributed by atoms with van der Waals surface area (Å²) in [4.78, 5) is 28.2. The van der Waals surface area contributed by atoms with Gasteiger partial charge in [0.2, 0.25) is 21.8 Å². The van der Waals surface area contributed by atoms with Gasteiger partial charge in [-0.3, -0.25) is 9.59 Å². The van der Waals surface area contributed by atoms with E-state index in [0.29, 0.717) is 16.5 Å². The highest BCUT2D eigenvalue weighted by molar-refractivity contribution is 7.89. The number of amides is 2. The van der Waals surface area contributed by atoms with Crippen molar-refractivity contribution in [1.82, 2.24) is 9.29 Å². The van der Waals surface area contributed by atoms with Crippen molar-refractivity contribution in [1.29, 1.82) is 0 Å². The zero-order valence-electron chi connectivity index (χ0n) is 18.5. The summed E-state index contributed by atoms with van der Waals surface area (Å²) in [7, 11) is -2.47. The number of rotatable bonds is 7. The van der Waals surface area contributed by atoms with Gasteiger partial charge >= 0.3 is 0 Å². The predicted molar refractivity (Wildman–Crippen MR) is 134 cm³/mol. The molecule has 0 unspecified atom stereocenters. The Morgan fingerprint density at radius 2 is 1.68 bits per heavy atom. The number of fused-ring (bicyclic) bond motifs is 1. The summed E-state index contributed by atoms with van der Waals surface area (Å²) in [6.45, 7) is 1.09. The van der Waals surface area contributed by atoms with Crippen LogP contribution in [0.15, 0.2) is 77.0 Å². The van der Waals surface area contributed by atoms with Crippen molar-refractivity contribution in [2.24, 2.45) is 0 Å². The van der Waals surface area contributed by atoms with E-state index in [1.165, 1.54) is 31.4 Å². The molecule has 0 aliphatic heterocycles. The van der Waals surface area contributed by atoms with Crippen LogP contribution in [0.25, 0.3) is 22.0 Å². The van der Waals surface area contributed by atoms with Crippen LogP contribution in [0.5, 0.6) is 0 Å². The van der Waals surface area contributed by atoms with E-state index in [9.17, 15) is 18.0 Å². The summed E-state index contributed by atoms with van der Waals surface area (Å²) in [5.74, 6) is -0.646. The Bertz CT molecular complexity index is 1460. The van der Waals surface area contributed by atoms with Crippen LogP contribution in [0, 0.1) is 0 Å². The van der Waals surface area contributed by atoms with E-state index >= 15 is 0 Å². The molecule has 2 N–H and O–H groups in total. The second kappa shape index (κ2) is 9.72. The molecule has 10 heteroatoms. The van der Waals surface area contributed by atoms with Gasteiger partial charge in [0.25, 0.3) is 0 Å². The van der Waals surface area contributed by atoms with Gasteiger partial charge in [-0.1, -0.05) is 42.5 Å². The zero-order chi connectivity index (χ0) is 24.3. The van der Waals surface area contributed by atoms with Gasteiger partial charge in [-0.15, -0.1) is 11.3 Å². The minimum atomic E-state index is -3.84. The van der Waals surface area contributed by atoms with Gasteiger partial charge in [-0.05, 0) is 35.0 Å². The number of thiazole rings is 1. The highest BCUT2D eigenvalue weighted by Gasteiger charge is 2.23. The first kappa shape index (κ1) is 23.6. The quantitative estimate of drug-likeness (QED) is 0.401. The first-order valence-corrected chi connectivity index (χ1v) is 12.6. The van der Waals surface area contributed by atoms with E-state index in [2.05, 4.69) is 15.6 Å². The number of nitrogens with one attached hydrogen (secondary N) is 2. The van der Waals surface area contributed by atoms with Crippen LogP contribution in [0.4, 0.5) is 10.8 Å². The maximum absolute atomic E-state index is 13.0. The summed E-state index contributed by atoms with van der Waals surface area (Å²) in [5, 5.41) is 9.25. The van der Waals surface area contributed by atoms with E-state index < -0.39 is 15.9 Å². The highest BCUT2D eigenvalue weighted by Crippen LogP contribution is 2.26. The first-order chi connectivity index (χ1) is 16.2. The Balaban J connectivity index is 1.41. The monoisotopic (exact) mass is 494 g/mol. The molecule has 4 aromatic rings. The summed E-state index contributed by atoms with van der Waals surface area (Å²) < 4.78 is 26.9. The fraction of sp³-hybridized carbons (Fsp3) is 0.125. The van der Waals surface area contributed by atoms with Crippen LogP contribution >= 0.6 is 11.3 Å².